The summed E-state index contributed by atoms with van der Waals surface area (Å²) in [4.78, 5) is 23.4. The second-order valence-electron chi connectivity index (χ2n) is 6.36. The fraction of sp³-hybridized carbons (Fsp3) is 0.333. The molecule has 0 atom stereocenters. The van der Waals surface area contributed by atoms with Crippen LogP contribution in [-0.2, 0) is 11.3 Å². The average Bonchev–Trinajstić information content (AvgIpc) is 3.11. The Hall–Kier alpha value is -1.97. The van der Waals surface area contributed by atoms with Crippen molar-refractivity contribution >= 4 is 58.4 Å². The number of hydrogen-bond donors (Lipinski definition) is 1. The molecule has 154 valence electrons. The van der Waals surface area contributed by atoms with Gasteiger partial charge in [-0.1, -0.05) is 23.2 Å². The molecule has 1 aromatic carbocycles. The molecule has 4 rings (SSSR count). The third-order valence-electron chi connectivity index (χ3n) is 4.57. The van der Waals surface area contributed by atoms with E-state index in [1.165, 1.54) is 12.4 Å². The first-order valence-electron chi connectivity index (χ1n) is 8.85. The van der Waals surface area contributed by atoms with Crippen molar-refractivity contribution in [3.05, 3.63) is 46.3 Å². The molecule has 0 spiro atoms. The number of benzene rings is 1. The number of halogens is 3. The van der Waals surface area contributed by atoms with Gasteiger partial charge in [-0.25, -0.2) is 14.6 Å². The minimum Gasteiger partial charge on any atom is -0.379 e. The lowest BCUT2D eigenvalue weighted by Crippen LogP contribution is -2.38. The molecule has 0 saturated carbocycles. The van der Waals surface area contributed by atoms with E-state index < -0.39 is 0 Å². The molecule has 3 aromatic rings. The summed E-state index contributed by atoms with van der Waals surface area (Å²) in [6, 6.07) is 4.71. The van der Waals surface area contributed by atoms with Gasteiger partial charge in [-0.05, 0) is 18.2 Å². The Labute approximate surface area is 183 Å². The number of ether oxygens (including phenoxy) is 1. The SMILES string of the molecule is Cl.O=C(Nc1ncnc2c1cnn2CCN1CCOCC1)c1ccc(Cl)cc1Cl. The molecule has 1 fully saturated rings. The van der Waals surface area contributed by atoms with E-state index in [-0.39, 0.29) is 23.3 Å². The number of rotatable bonds is 5. The van der Waals surface area contributed by atoms with Crippen LogP contribution in [0.2, 0.25) is 10.0 Å². The summed E-state index contributed by atoms with van der Waals surface area (Å²) >= 11 is 12.0. The number of anilines is 1. The predicted octanol–water partition coefficient (Wildman–Crippen LogP) is 3.14. The summed E-state index contributed by atoms with van der Waals surface area (Å²) in [7, 11) is 0. The third kappa shape index (κ3) is 4.96. The van der Waals surface area contributed by atoms with E-state index in [1.807, 2.05) is 4.68 Å². The molecule has 1 N–H and O–H groups in total. The minimum absolute atomic E-state index is 0. The van der Waals surface area contributed by atoms with Crippen LogP contribution < -0.4 is 5.32 Å². The summed E-state index contributed by atoms with van der Waals surface area (Å²) in [5.41, 5.74) is 0.985. The van der Waals surface area contributed by atoms with E-state index in [2.05, 4.69) is 25.3 Å². The van der Waals surface area contributed by atoms with Gasteiger partial charge in [0.1, 0.15) is 12.1 Å². The summed E-state index contributed by atoms with van der Waals surface area (Å²) in [5, 5.41) is 8.60. The lowest BCUT2D eigenvalue weighted by molar-refractivity contribution is 0.0361. The number of nitrogens with one attached hydrogen (secondary N) is 1. The van der Waals surface area contributed by atoms with Gasteiger partial charge in [-0.2, -0.15) is 5.10 Å². The van der Waals surface area contributed by atoms with Crippen molar-refractivity contribution in [2.45, 2.75) is 6.54 Å². The van der Waals surface area contributed by atoms with Gasteiger partial charge in [0.05, 0.1) is 41.9 Å². The van der Waals surface area contributed by atoms with E-state index in [9.17, 15) is 4.79 Å². The number of aromatic nitrogens is 4. The van der Waals surface area contributed by atoms with Crippen LogP contribution in [0.1, 0.15) is 10.4 Å². The van der Waals surface area contributed by atoms with Crippen molar-refractivity contribution in [2.24, 2.45) is 0 Å². The first kappa shape index (κ1) is 21.7. The highest BCUT2D eigenvalue weighted by Gasteiger charge is 2.16. The predicted molar refractivity (Wildman–Crippen MR) is 114 cm³/mol. The lowest BCUT2D eigenvalue weighted by Gasteiger charge is -2.26. The second-order valence-corrected chi connectivity index (χ2v) is 7.20. The highest BCUT2D eigenvalue weighted by Crippen LogP contribution is 2.24. The highest BCUT2D eigenvalue weighted by atomic mass is 35.5. The molecule has 1 aliphatic heterocycles. The third-order valence-corrected chi connectivity index (χ3v) is 5.12. The number of amides is 1. The number of nitrogens with zero attached hydrogens (tertiary/aromatic N) is 5. The molecule has 1 aliphatic rings. The molecule has 2 aromatic heterocycles. The lowest BCUT2D eigenvalue weighted by atomic mass is 10.2. The molecule has 3 heterocycles. The molecule has 8 nitrogen and oxygen atoms in total. The summed E-state index contributed by atoms with van der Waals surface area (Å²) in [6.07, 6.45) is 3.07. The summed E-state index contributed by atoms with van der Waals surface area (Å²) < 4.78 is 7.19. The van der Waals surface area contributed by atoms with E-state index in [0.717, 1.165) is 32.8 Å². The van der Waals surface area contributed by atoms with Gasteiger partial charge < -0.3 is 10.1 Å². The smallest absolute Gasteiger partial charge is 0.258 e. The van der Waals surface area contributed by atoms with Crippen LogP contribution in [0.4, 0.5) is 5.82 Å². The number of morpholine rings is 1. The summed E-state index contributed by atoms with van der Waals surface area (Å²) in [5.74, 6) is 0.0152. The number of carbonyl (C=O) groups is 1. The monoisotopic (exact) mass is 456 g/mol. The molecular formula is C18H19Cl3N6O2. The normalized spacial score (nSPS) is 14.6. The van der Waals surface area contributed by atoms with Crippen molar-refractivity contribution in [1.29, 1.82) is 0 Å². The topological polar surface area (TPSA) is 85.2 Å². The zero-order valence-electron chi connectivity index (χ0n) is 15.3. The number of fused-ring (bicyclic) bond motifs is 1. The van der Waals surface area contributed by atoms with Crippen LogP contribution in [0.15, 0.2) is 30.7 Å². The van der Waals surface area contributed by atoms with Gasteiger partial charge in [0.2, 0.25) is 0 Å². The van der Waals surface area contributed by atoms with Crippen LogP contribution in [0.3, 0.4) is 0 Å². The Morgan fingerprint density at radius 1 is 1.17 bits per heavy atom. The second kappa shape index (κ2) is 9.69. The Balaban J connectivity index is 0.00000240. The number of carbonyl (C=O) groups excluding carboxylic acids is 1. The Kier molecular flexibility index (Phi) is 7.26. The van der Waals surface area contributed by atoms with Crippen molar-refractivity contribution in [3.63, 3.8) is 0 Å². The maximum absolute atomic E-state index is 12.6. The van der Waals surface area contributed by atoms with Gasteiger partial charge >= 0.3 is 0 Å². The zero-order chi connectivity index (χ0) is 19.5. The number of hydrogen-bond acceptors (Lipinski definition) is 6. The molecule has 29 heavy (non-hydrogen) atoms. The molecule has 11 heteroatoms. The molecule has 0 unspecified atom stereocenters. The molecule has 0 bridgehead atoms. The van der Waals surface area contributed by atoms with Crippen LogP contribution in [0.5, 0.6) is 0 Å². The van der Waals surface area contributed by atoms with E-state index in [1.54, 1.807) is 18.3 Å². The Morgan fingerprint density at radius 3 is 2.72 bits per heavy atom. The maximum Gasteiger partial charge on any atom is 0.258 e. The van der Waals surface area contributed by atoms with Gasteiger partial charge in [-0.15, -0.1) is 12.4 Å². The quantitative estimate of drug-likeness (QED) is 0.633. The fourth-order valence-electron chi connectivity index (χ4n) is 3.07. The van der Waals surface area contributed by atoms with Gasteiger partial charge in [0.25, 0.3) is 5.91 Å². The van der Waals surface area contributed by atoms with E-state index >= 15 is 0 Å². The van der Waals surface area contributed by atoms with E-state index in [0.29, 0.717) is 34.0 Å². The zero-order valence-corrected chi connectivity index (χ0v) is 17.7. The van der Waals surface area contributed by atoms with Crippen molar-refractivity contribution in [3.8, 4) is 0 Å². The highest BCUT2D eigenvalue weighted by molar-refractivity contribution is 6.37. The van der Waals surface area contributed by atoms with Crippen LogP contribution in [0.25, 0.3) is 11.0 Å². The largest absolute Gasteiger partial charge is 0.379 e. The molecule has 0 aliphatic carbocycles. The fourth-order valence-corrected chi connectivity index (χ4v) is 3.56. The molecular weight excluding hydrogens is 439 g/mol. The Morgan fingerprint density at radius 2 is 1.97 bits per heavy atom. The molecule has 0 radical (unpaired) electrons. The minimum atomic E-state index is -0.372. The van der Waals surface area contributed by atoms with Crippen LogP contribution in [0, 0.1) is 0 Å². The van der Waals surface area contributed by atoms with Gasteiger partial charge in [-0.3, -0.25) is 9.69 Å². The van der Waals surface area contributed by atoms with Crippen LogP contribution in [-0.4, -0.2) is 63.4 Å². The van der Waals surface area contributed by atoms with Crippen molar-refractivity contribution < 1.29 is 9.53 Å². The molecule has 1 saturated heterocycles. The van der Waals surface area contributed by atoms with Crippen molar-refractivity contribution in [1.82, 2.24) is 24.6 Å². The standard InChI is InChI=1S/C18H18Cl2N6O2.ClH/c19-12-1-2-13(15(20)9-12)18(27)24-16-14-10-23-26(17(14)22-11-21-16)4-3-25-5-7-28-8-6-25;/h1-2,9-11H,3-8H2,(H,21,22,24,27);1H. The van der Waals surface area contributed by atoms with Crippen LogP contribution >= 0.6 is 35.6 Å². The average molecular weight is 458 g/mol. The summed E-state index contributed by atoms with van der Waals surface area (Å²) in [6.45, 7) is 4.88. The maximum atomic E-state index is 12.6. The first-order chi connectivity index (χ1) is 13.6. The van der Waals surface area contributed by atoms with Crippen molar-refractivity contribution in [2.75, 3.05) is 38.2 Å². The first-order valence-corrected chi connectivity index (χ1v) is 9.60. The molecule has 1 amide bonds. The van der Waals surface area contributed by atoms with E-state index in [4.69, 9.17) is 27.9 Å². The van der Waals surface area contributed by atoms with Gasteiger partial charge in [0.15, 0.2) is 5.65 Å². The van der Waals surface area contributed by atoms with Gasteiger partial charge in [0, 0.05) is 24.7 Å². The Bertz CT molecular complexity index is 1010.